The fraction of sp³-hybridized carbons (Fsp3) is 0.818. The van der Waals surface area contributed by atoms with E-state index < -0.39 is 8.32 Å². The summed E-state index contributed by atoms with van der Waals surface area (Å²) in [5.41, 5.74) is 0. The van der Waals surface area contributed by atoms with Gasteiger partial charge >= 0.3 is 0 Å². The quantitative estimate of drug-likeness (QED) is 0.497. The maximum atomic E-state index is 5.40. The average Bonchev–Trinajstić information content (AvgIpc) is 2.04. The average molecular weight is 196 g/mol. The molecule has 1 rings (SSSR count). The highest BCUT2D eigenvalue weighted by molar-refractivity contribution is 6.71. The van der Waals surface area contributed by atoms with Crippen molar-refractivity contribution in [2.75, 3.05) is 0 Å². The Morgan fingerprint density at radius 2 is 1.92 bits per heavy atom. The van der Waals surface area contributed by atoms with Gasteiger partial charge < -0.3 is 4.43 Å². The zero-order valence-corrected chi connectivity index (χ0v) is 9.81. The van der Waals surface area contributed by atoms with Gasteiger partial charge in [0, 0.05) is 0 Å². The van der Waals surface area contributed by atoms with E-state index in [4.69, 9.17) is 10.8 Å². The topological polar surface area (TPSA) is 9.23 Å². The molecule has 2 heteroatoms. The highest BCUT2D eigenvalue weighted by Crippen LogP contribution is 2.31. The van der Waals surface area contributed by atoms with Crippen LogP contribution in [-0.2, 0) is 4.43 Å². The minimum Gasteiger partial charge on any atom is -0.501 e. The second kappa shape index (κ2) is 4.71. The lowest BCUT2D eigenvalue weighted by Crippen LogP contribution is -2.31. The first-order valence-corrected chi connectivity index (χ1v) is 8.39. The number of hydrogen-bond donors (Lipinski definition) is 0. The minimum absolute atomic E-state index is 0.892. The van der Waals surface area contributed by atoms with Crippen molar-refractivity contribution in [3.8, 4) is 12.5 Å². The maximum Gasteiger partial charge on any atom is 0.259 e. The van der Waals surface area contributed by atoms with Crippen molar-refractivity contribution in [3.05, 3.63) is 0 Å². The van der Waals surface area contributed by atoms with Crippen LogP contribution < -0.4 is 0 Å². The molecule has 0 unspecified atom stereocenters. The van der Waals surface area contributed by atoms with Gasteiger partial charge in [-0.05, 0) is 25.1 Å². The van der Waals surface area contributed by atoms with Crippen LogP contribution in [-0.4, -0.2) is 8.32 Å². The van der Waals surface area contributed by atoms with E-state index in [0.717, 1.165) is 5.92 Å². The molecule has 1 aliphatic carbocycles. The van der Waals surface area contributed by atoms with E-state index >= 15 is 0 Å². The highest BCUT2D eigenvalue weighted by Gasteiger charge is 2.28. The van der Waals surface area contributed by atoms with E-state index in [1.54, 1.807) is 0 Å². The molecule has 0 bridgehead atoms. The lowest BCUT2D eigenvalue weighted by molar-refractivity contribution is 0.367. The fourth-order valence-corrected chi connectivity index (χ4v) is 4.49. The van der Waals surface area contributed by atoms with Crippen LogP contribution in [0.5, 0.6) is 0 Å². The zero-order valence-electron chi connectivity index (χ0n) is 8.81. The van der Waals surface area contributed by atoms with Gasteiger partial charge in [-0.25, -0.2) is 0 Å². The van der Waals surface area contributed by atoms with Crippen molar-refractivity contribution in [1.82, 2.24) is 0 Å². The summed E-state index contributed by atoms with van der Waals surface area (Å²) in [4.78, 5) is 0. The van der Waals surface area contributed by atoms with Crippen LogP contribution in [0.25, 0.3) is 0 Å². The van der Waals surface area contributed by atoms with Gasteiger partial charge in [-0.2, -0.15) is 0 Å². The van der Waals surface area contributed by atoms with E-state index in [-0.39, 0.29) is 0 Å². The van der Waals surface area contributed by atoms with Crippen molar-refractivity contribution in [2.45, 2.75) is 51.2 Å². The highest BCUT2D eigenvalue weighted by atomic mass is 28.4. The molecule has 1 aliphatic rings. The molecular weight excluding hydrogens is 176 g/mol. The molecule has 0 amide bonds. The third-order valence-electron chi connectivity index (χ3n) is 2.84. The summed E-state index contributed by atoms with van der Waals surface area (Å²) < 4.78 is 5.40. The van der Waals surface area contributed by atoms with Crippen LogP contribution >= 0.6 is 0 Å². The molecule has 1 fully saturated rings. The molecule has 0 N–H and O–H groups in total. The monoisotopic (exact) mass is 196 g/mol. The lowest BCUT2D eigenvalue weighted by atomic mass is 9.91. The maximum absolute atomic E-state index is 5.40. The predicted molar refractivity (Wildman–Crippen MR) is 58.8 cm³/mol. The molecule has 0 aromatic rings. The minimum atomic E-state index is -1.53. The van der Waals surface area contributed by atoms with Crippen LogP contribution in [0.1, 0.15) is 32.1 Å². The molecular formula is C11H20OSi. The van der Waals surface area contributed by atoms with Crippen molar-refractivity contribution in [3.63, 3.8) is 0 Å². The normalized spacial score (nSPS) is 19.5. The van der Waals surface area contributed by atoms with Crippen LogP contribution in [0.15, 0.2) is 0 Å². The van der Waals surface area contributed by atoms with Gasteiger partial charge in [-0.15, -0.1) is 0 Å². The first kappa shape index (κ1) is 10.7. The van der Waals surface area contributed by atoms with Crippen molar-refractivity contribution >= 4 is 8.32 Å². The zero-order chi connectivity index (χ0) is 9.73. The third kappa shape index (κ3) is 3.86. The van der Waals surface area contributed by atoms with Crippen molar-refractivity contribution in [1.29, 1.82) is 0 Å². The van der Waals surface area contributed by atoms with Gasteiger partial charge in [0.2, 0.25) is 0 Å². The van der Waals surface area contributed by atoms with Gasteiger partial charge in [0.1, 0.15) is 0 Å². The van der Waals surface area contributed by atoms with Crippen LogP contribution in [0, 0.1) is 18.4 Å². The first-order valence-electron chi connectivity index (χ1n) is 5.28. The lowest BCUT2D eigenvalue weighted by Gasteiger charge is -2.28. The first-order chi connectivity index (χ1) is 6.14. The molecule has 0 saturated heterocycles. The largest absolute Gasteiger partial charge is 0.501 e. The molecule has 0 heterocycles. The van der Waals surface area contributed by atoms with Crippen LogP contribution in [0.4, 0.5) is 0 Å². The Hall–Kier alpha value is -0.423. The van der Waals surface area contributed by atoms with E-state index in [9.17, 15) is 0 Å². The van der Waals surface area contributed by atoms with E-state index in [1.165, 1.54) is 38.1 Å². The molecule has 1 saturated carbocycles. The summed E-state index contributed by atoms with van der Waals surface area (Å²) in [5, 5.41) is 0. The third-order valence-corrected chi connectivity index (χ3v) is 5.07. The smallest absolute Gasteiger partial charge is 0.259 e. The molecule has 0 aliphatic heterocycles. The molecule has 0 radical (unpaired) electrons. The van der Waals surface area contributed by atoms with Crippen molar-refractivity contribution in [2.24, 2.45) is 5.92 Å². The summed E-state index contributed by atoms with van der Waals surface area (Å²) >= 11 is 0. The number of rotatable bonds is 3. The molecule has 13 heavy (non-hydrogen) atoms. The molecule has 0 aromatic carbocycles. The molecule has 0 aromatic heterocycles. The van der Waals surface area contributed by atoms with Crippen LogP contribution in [0.2, 0.25) is 19.1 Å². The summed E-state index contributed by atoms with van der Waals surface area (Å²) in [7, 11) is -1.53. The Balaban J connectivity index is 2.33. The Kier molecular flexibility index (Phi) is 3.86. The number of hydrogen-bond acceptors (Lipinski definition) is 1. The Bertz CT molecular complexity index is 187. The van der Waals surface area contributed by atoms with Gasteiger partial charge in [-0.1, -0.05) is 38.5 Å². The van der Waals surface area contributed by atoms with Crippen LogP contribution in [0.3, 0.4) is 0 Å². The summed E-state index contributed by atoms with van der Waals surface area (Å²) in [6, 6.07) is 1.25. The Morgan fingerprint density at radius 1 is 1.31 bits per heavy atom. The van der Waals surface area contributed by atoms with E-state index in [2.05, 4.69) is 19.2 Å². The summed E-state index contributed by atoms with van der Waals surface area (Å²) in [5.74, 6) is 0.892. The van der Waals surface area contributed by atoms with Gasteiger partial charge in [0.25, 0.3) is 8.32 Å². The fourth-order valence-electron chi connectivity index (χ4n) is 2.29. The summed E-state index contributed by atoms with van der Waals surface area (Å²) in [6.07, 6.45) is 14.6. The predicted octanol–water partition coefficient (Wildman–Crippen LogP) is 3.38. The summed E-state index contributed by atoms with van der Waals surface area (Å²) in [6.45, 7) is 4.45. The SMILES string of the molecule is C#CO[Si](C)(C)CC1CCCCC1. The standard InChI is InChI=1S/C11H20OSi/c1-4-12-13(2,3)10-11-8-6-5-7-9-11/h1,11H,5-10H2,2-3H3. The van der Waals surface area contributed by atoms with Gasteiger partial charge in [0.05, 0.1) is 6.11 Å². The Labute approximate surface area is 83.0 Å². The molecule has 74 valence electrons. The van der Waals surface area contributed by atoms with Gasteiger partial charge in [-0.3, -0.25) is 0 Å². The Morgan fingerprint density at radius 3 is 2.46 bits per heavy atom. The second-order valence-electron chi connectivity index (χ2n) is 4.69. The molecule has 0 atom stereocenters. The van der Waals surface area contributed by atoms with Gasteiger partial charge in [0.15, 0.2) is 0 Å². The molecule has 0 spiro atoms. The number of terminal acetylenes is 1. The second-order valence-corrected chi connectivity index (χ2v) is 8.82. The van der Waals surface area contributed by atoms with Crippen molar-refractivity contribution < 1.29 is 4.43 Å². The molecule has 1 nitrogen and oxygen atoms in total. The van der Waals surface area contributed by atoms with E-state index in [0.29, 0.717) is 0 Å². The van der Waals surface area contributed by atoms with E-state index in [1.807, 2.05) is 0 Å².